The minimum Gasteiger partial charge on any atom is -0.373 e. The highest BCUT2D eigenvalue weighted by Crippen LogP contribution is 2.09. The Morgan fingerprint density at radius 3 is 2.68 bits per heavy atom. The number of thiocarbonyl (C=S) groups is 1. The predicted molar refractivity (Wildman–Crippen MR) is 105 cm³/mol. The van der Waals surface area contributed by atoms with Crippen LogP contribution in [-0.2, 0) is 0 Å². The molecule has 0 fully saturated rings. The van der Waals surface area contributed by atoms with Gasteiger partial charge in [-0.1, -0.05) is 62.3 Å². The molecule has 0 aromatic heterocycles. The fourth-order valence-electron chi connectivity index (χ4n) is 2.38. The Hall–Kier alpha value is -1.96. The van der Waals surface area contributed by atoms with Crippen LogP contribution < -0.4 is 10.9 Å². The number of nitrogens with zero attached hydrogens (tertiary/aromatic N) is 3. The van der Waals surface area contributed by atoms with Gasteiger partial charge in [0.1, 0.15) is 11.2 Å². The van der Waals surface area contributed by atoms with E-state index in [2.05, 4.69) is 22.8 Å². The third-order valence-corrected chi connectivity index (χ3v) is 4.10. The molecule has 2 rings (SSSR count). The molecule has 0 spiro atoms. The summed E-state index contributed by atoms with van der Waals surface area (Å²) in [5.41, 5.74) is 6.67. The summed E-state index contributed by atoms with van der Waals surface area (Å²) in [6, 6.07) is 9.40. The van der Waals surface area contributed by atoms with E-state index in [-0.39, 0.29) is 0 Å². The molecule has 3 N–H and O–H groups in total. The van der Waals surface area contributed by atoms with Crippen molar-refractivity contribution in [3.8, 4) is 0 Å². The van der Waals surface area contributed by atoms with E-state index in [1.165, 1.54) is 0 Å². The van der Waals surface area contributed by atoms with Gasteiger partial charge in [-0.2, -0.15) is 0 Å². The lowest BCUT2D eigenvalue weighted by Gasteiger charge is -2.23. The van der Waals surface area contributed by atoms with Gasteiger partial charge in [-0.05, 0) is 12.0 Å². The zero-order valence-electron chi connectivity index (χ0n) is 14.9. The van der Waals surface area contributed by atoms with Crippen molar-refractivity contribution in [2.45, 2.75) is 38.8 Å². The number of guanidine groups is 1. The standard InChI is InChI=1S/C18H27N5OS/c1-3-4-6-11-16(25)19-18(23-13-12-22(2)14-23)21-20-17(24)15-9-7-5-8-10-15/h5,7-10,12-13,17,20,24H,3-4,6,11,14H2,1-2H3,(H,19,21,25). The van der Waals surface area contributed by atoms with E-state index in [9.17, 15) is 5.11 Å². The lowest BCUT2D eigenvalue weighted by atomic mass is 10.2. The van der Waals surface area contributed by atoms with Gasteiger partial charge in [-0.15, -0.1) is 0 Å². The predicted octanol–water partition coefficient (Wildman–Crippen LogP) is 2.71. The largest absolute Gasteiger partial charge is 0.373 e. The maximum absolute atomic E-state index is 10.3. The molecule has 1 unspecified atom stereocenters. The van der Waals surface area contributed by atoms with Crippen LogP contribution in [0.15, 0.2) is 47.7 Å². The van der Waals surface area contributed by atoms with E-state index in [0.717, 1.165) is 31.2 Å². The van der Waals surface area contributed by atoms with E-state index < -0.39 is 6.23 Å². The average molecular weight is 362 g/mol. The molecule has 136 valence electrons. The summed E-state index contributed by atoms with van der Waals surface area (Å²) in [5.74, 6) is 0.581. The van der Waals surface area contributed by atoms with E-state index in [1.807, 2.05) is 59.6 Å². The molecule has 0 bridgehead atoms. The molecule has 0 radical (unpaired) electrons. The molecule has 0 aliphatic carbocycles. The molecule has 7 heteroatoms. The number of hydrazine groups is 1. The van der Waals surface area contributed by atoms with E-state index >= 15 is 0 Å². The van der Waals surface area contributed by atoms with Crippen LogP contribution in [0.4, 0.5) is 0 Å². The van der Waals surface area contributed by atoms with Crippen molar-refractivity contribution >= 4 is 23.2 Å². The highest BCUT2D eigenvalue weighted by molar-refractivity contribution is 7.80. The smallest absolute Gasteiger partial charge is 0.220 e. The first kappa shape index (κ1) is 19.4. The number of benzene rings is 1. The monoisotopic (exact) mass is 361 g/mol. The average Bonchev–Trinajstić information content (AvgIpc) is 3.05. The van der Waals surface area contributed by atoms with Crippen molar-refractivity contribution in [2.75, 3.05) is 13.7 Å². The molecule has 25 heavy (non-hydrogen) atoms. The van der Waals surface area contributed by atoms with Gasteiger partial charge in [-0.25, -0.2) is 10.4 Å². The summed E-state index contributed by atoms with van der Waals surface area (Å²) < 4.78 is 0. The van der Waals surface area contributed by atoms with Crippen LogP contribution in [0.3, 0.4) is 0 Å². The summed E-state index contributed by atoms with van der Waals surface area (Å²) in [6.45, 7) is 2.84. The number of hydrogen-bond donors (Lipinski definition) is 3. The zero-order chi connectivity index (χ0) is 18.1. The molecule has 1 aliphatic heterocycles. The number of hydrogen-bond acceptors (Lipinski definition) is 4. The fourth-order valence-corrected chi connectivity index (χ4v) is 2.61. The molecule has 1 atom stereocenters. The molecule has 0 amide bonds. The number of aliphatic hydroxyl groups is 1. The molecule has 1 aromatic carbocycles. The SMILES string of the molecule is CCCCCC(=S)N=C(NNC(O)c1ccccc1)N1C=CN(C)C1. The van der Waals surface area contributed by atoms with Gasteiger partial charge < -0.3 is 10.0 Å². The Labute approximate surface area is 155 Å². The minimum absolute atomic E-state index is 0.581. The van der Waals surface area contributed by atoms with Gasteiger partial charge in [0.2, 0.25) is 5.96 Å². The van der Waals surface area contributed by atoms with Crippen molar-refractivity contribution < 1.29 is 5.11 Å². The molecular weight excluding hydrogens is 334 g/mol. The second-order valence-electron chi connectivity index (χ2n) is 6.04. The Bertz CT molecular complexity index is 605. The zero-order valence-corrected chi connectivity index (χ0v) is 15.7. The van der Waals surface area contributed by atoms with Crippen LogP contribution in [0.2, 0.25) is 0 Å². The van der Waals surface area contributed by atoms with Crippen LogP contribution >= 0.6 is 12.2 Å². The van der Waals surface area contributed by atoms with Crippen LogP contribution in [-0.4, -0.2) is 39.6 Å². The lowest BCUT2D eigenvalue weighted by molar-refractivity contribution is 0.128. The van der Waals surface area contributed by atoms with Crippen molar-refractivity contribution in [2.24, 2.45) is 4.99 Å². The Morgan fingerprint density at radius 2 is 2.04 bits per heavy atom. The van der Waals surface area contributed by atoms with Gasteiger partial charge in [0.15, 0.2) is 0 Å². The lowest BCUT2D eigenvalue weighted by Crippen LogP contribution is -2.48. The van der Waals surface area contributed by atoms with Crippen molar-refractivity contribution in [1.29, 1.82) is 0 Å². The maximum Gasteiger partial charge on any atom is 0.220 e. The third-order valence-electron chi connectivity index (χ3n) is 3.81. The molecular formula is C18H27N5OS. The van der Waals surface area contributed by atoms with Crippen molar-refractivity contribution in [3.63, 3.8) is 0 Å². The first-order valence-corrected chi connectivity index (χ1v) is 9.02. The molecule has 0 saturated heterocycles. The molecule has 1 aliphatic rings. The molecule has 1 aromatic rings. The first-order valence-electron chi connectivity index (χ1n) is 8.61. The number of nitrogens with one attached hydrogen (secondary N) is 2. The van der Waals surface area contributed by atoms with Crippen LogP contribution in [0.25, 0.3) is 0 Å². The van der Waals surface area contributed by atoms with Gasteiger partial charge in [0, 0.05) is 25.9 Å². The molecule has 6 nitrogen and oxygen atoms in total. The number of rotatable bonds is 7. The summed E-state index contributed by atoms with van der Waals surface area (Å²) in [5, 5.41) is 10.3. The van der Waals surface area contributed by atoms with E-state index in [4.69, 9.17) is 12.2 Å². The Kier molecular flexibility index (Phi) is 7.84. The van der Waals surface area contributed by atoms with Crippen molar-refractivity contribution in [3.05, 3.63) is 48.3 Å². The van der Waals surface area contributed by atoms with Crippen LogP contribution in [0.1, 0.15) is 44.4 Å². The van der Waals surface area contributed by atoms with E-state index in [0.29, 0.717) is 17.6 Å². The summed E-state index contributed by atoms with van der Waals surface area (Å²) in [7, 11) is 1.99. The highest BCUT2D eigenvalue weighted by atomic mass is 32.1. The van der Waals surface area contributed by atoms with Crippen LogP contribution in [0, 0.1) is 0 Å². The maximum atomic E-state index is 10.3. The summed E-state index contributed by atoms with van der Waals surface area (Å²) >= 11 is 5.40. The van der Waals surface area contributed by atoms with Crippen molar-refractivity contribution in [1.82, 2.24) is 20.7 Å². The van der Waals surface area contributed by atoms with E-state index in [1.54, 1.807) is 0 Å². The summed E-state index contributed by atoms with van der Waals surface area (Å²) in [4.78, 5) is 9.18. The number of aliphatic hydroxyl groups excluding tert-OH is 1. The fraction of sp³-hybridized carbons (Fsp3) is 0.444. The normalized spacial score (nSPS) is 15.6. The highest BCUT2D eigenvalue weighted by Gasteiger charge is 2.17. The minimum atomic E-state index is -0.843. The molecule has 0 saturated carbocycles. The molecule has 1 heterocycles. The third kappa shape index (κ3) is 6.45. The van der Waals surface area contributed by atoms with Crippen LogP contribution in [0.5, 0.6) is 0 Å². The van der Waals surface area contributed by atoms with Gasteiger partial charge in [-0.3, -0.25) is 10.3 Å². The van der Waals surface area contributed by atoms with Gasteiger partial charge in [0.05, 0.1) is 6.67 Å². The second kappa shape index (κ2) is 10.1. The quantitative estimate of drug-likeness (QED) is 0.173. The summed E-state index contributed by atoms with van der Waals surface area (Å²) in [6.07, 6.45) is 7.19. The number of aliphatic imine (C=N–C) groups is 1. The topological polar surface area (TPSA) is 63.1 Å². The first-order chi connectivity index (χ1) is 12.1. The van der Waals surface area contributed by atoms with Gasteiger partial charge >= 0.3 is 0 Å². The Balaban J connectivity index is 1.99. The second-order valence-corrected chi connectivity index (χ2v) is 6.51. The number of unbranched alkanes of at least 4 members (excludes halogenated alkanes) is 2. The Morgan fingerprint density at radius 1 is 1.28 bits per heavy atom. The van der Waals surface area contributed by atoms with Gasteiger partial charge in [0.25, 0.3) is 0 Å².